The number of hydrogen-bond acceptors (Lipinski definition) is 3. The van der Waals surface area contributed by atoms with Gasteiger partial charge in [0.2, 0.25) is 0 Å². The van der Waals surface area contributed by atoms with Crippen LogP contribution in [0.3, 0.4) is 0 Å². The number of nitrogens with zero attached hydrogens (tertiary/aromatic N) is 3. The Kier molecular flexibility index (Phi) is 3.73. The Morgan fingerprint density at radius 1 is 1.29 bits per heavy atom. The number of halogens is 1. The van der Waals surface area contributed by atoms with Crippen LogP contribution < -0.4 is 4.90 Å². The van der Waals surface area contributed by atoms with Gasteiger partial charge in [0.05, 0.1) is 6.04 Å². The SMILES string of the molecule is CC(=O)c1cc(F)cc(N2CCC(n3cccn3)CC2)c1. The number of ketones is 1. The maximum atomic E-state index is 13.6. The van der Waals surface area contributed by atoms with Gasteiger partial charge in [0.25, 0.3) is 0 Å². The lowest BCUT2D eigenvalue weighted by molar-refractivity contribution is 0.101. The molecular weight excluding hydrogens is 269 g/mol. The fourth-order valence-electron chi connectivity index (χ4n) is 2.85. The van der Waals surface area contributed by atoms with E-state index in [1.165, 1.54) is 19.1 Å². The fourth-order valence-corrected chi connectivity index (χ4v) is 2.85. The predicted molar refractivity (Wildman–Crippen MR) is 79.1 cm³/mol. The van der Waals surface area contributed by atoms with Gasteiger partial charge < -0.3 is 4.90 Å². The van der Waals surface area contributed by atoms with Crippen LogP contribution in [0.25, 0.3) is 0 Å². The summed E-state index contributed by atoms with van der Waals surface area (Å²) in [7, 11) is 0. The van der Waals surface area contributed by atoms with Gasteiger partial charge in [-0.15, -0.1) is 0 Å². The van der Waals surface area contributed by atoms with Crippen molar-refractivity contribution < 1.29 is 9.18 Å². The summed E-state index contributed by atoms with van der Waals surface area (Å²) in [6.07, 6.45) is 5.70. The van der Waals surface area contributed by atoms with E-state index < -0.39 is 0 Å². The molecule has 4 nitrogen and oxygen atoms in total. The summed E-state index contributed by atoms with van der Waals surface area (Å²) >= 11 is 0. The van der Waals surface area contributed by atoms with E-state index in [4.69, 9.17) is 0 Å². The zero-order valence-electron chi connectivity index (χ0n) is 12.0. The Balaban J connectivity index is 1.73. The highest BCUT2D eigenvalue weighted by Crippen LogP contribution is 2.27. The molecule has 0 N–H and O–H groups in total. The van der Waals surface area contributed by atoms with Crippen LogP contribution in [0.5, 0.6) is 0 Å². The first-order valence-corrected chi connectivity index (χ1v) is 7.19. The van der Waals surface area contributed by atoms with Crippen molar-refractivity contribution in [3.8, 4) is 0 Å². The molecule has 1 saturated heterocycles. The minimum Gasteiger partial charge on any atom is -0.371 e. The maximum absolute atomic E-state index is 13.6. The van der Waals surface area contributed by atoms with Crippen LogP contribution in [0, 0.1) is 5.82 Å². The zero-order valence-corrected chi connectivity index (χ0v) is 12.0. The number of hydrogen-bond donors (Lipinski definition) is 0. The first kappa shape index (κ1) is 13.8. The summed E-state index contributed by atoms with van der Waals surface area (Å²) in [5, 5.41) is 4.28. The highest BCUT2D eigenvalue weighted by Gasteiger charge is 2.21. The van der Waals surface area contributed by atoms with Gasteiger partial charge in [-0.05, 0) is 44.0 Å². The zero-order chi connectivity index (χ0) is 14.8. The standard InChI is InChI=1S/C16H18FN3O/c1-12(21)13-9-14(17)11-16(10-13)19-7-3-15(4-8-19)20-6-2-5-18-20/h2,5-6,9-11,15H,3-4,7-8H2,1H3. The van der Waals surface area contributed by atoms with Crippen LogP contribution >= 0.6 is 0 Å². The highest BCUT2D eigenvalue weighted by atomic mass is 19.1. The summed E-state index contributed by atoms with van der Waals surface area (Å²) in [6.45, 7) is 3.14. The minimum absolute atomic E-state index is 0.109. The average molecular weight is 287 g/mol. The van der Waals surface area contributed by atoms with Crippen LogP contribution in [-0.2, 0) is 0 Å². The van der Waals surface area contributed by atoms with E-state index in [9.17, 15) is 9.18 Å². The highest BCUT2D eigenvalue weighted by molar-refractivity contribution is 5.95. The topological polar surface area (TPSA) is 38.1 Å². The van der Waals surface area contributed by atoms with E-state index in [2.05, 4.69) is 10.00 Å². The number of aromatic nitrogens is 2. The number of piperidine rings is 1. The van der Waals surface area contributed by atoms with Crippen LogP contribution in [0.15, 0.2) is 36.7 Å². The molecule has 0 unspecified atom stereocenters. The molecule has 0 atom stereocenters. The first-order valence-electron chi connectivity index (χ1n) is 7.19. The summed E-state index contributed by atoms with van der Waals surface area (Å²) in [4.78, 5) is 13.6. The molecule has 0 amide bonds. The second kappa shape index (κ2) is 5.68. The molecule has 1 aromatic heterocycles. The van der Waals surface area contributed by atoms with Crippen molar-refractivity contribution >= 4 is 11.5 Å². The third kappa shape index (κ3) is 2.96. The molecule has 1 aliphatic rings. The van der Waals surface area contributed by atoms with E-state index in [1.54, 1.807) is 12.3 Å². The van der Waals surface area contributed by atoms with E-state index in [0.717, 1.165) is 31.6 Å². The lowest BCUT2D eigenvalue weighted by Gasteiger charge is -2.33. The summed E-state index contributed by atoms with van der Waals surface area (Å²) < 4.78 is 15.6. The summed E-state index contributed by atoms with van der Waals surface area (Å²) in [6, 6.07) is 6.90. The molecule has 5 heteroatoms. The second-order valence-corrected chi connectivity index (χ2v) is 5.46. The quantitative estimate of drug-likeness (QED) is 0.814. The second-order valence-electron chi connectivity index (χ2n) is 5.46. The summed E-state index contributed by atoms with van der Waals surface area (Å²) in [5.41, 5.74) is 1.22. The summed E-state index contributed by atoms with van der Waals surface area (Å²) in [5.74, 6) is -0.464. The molecule has 0 saturated carbocycles. The van der Waals surface area contributed by atoms with Crippen molar-refractivity contribution in [2.24, 2.45) is 0 Å². The van der Waals surface area contributed by atoms with E-state index in [0.29, 0.717) is 11.6 Å². The molecule has 2 heterocycles. The molecular formula is C16H18FN3O. The third-order valence-electron chi connectivity index (χ3n) is 4.02. The van der Waals surface area contributed by atoms with Gasteiger partial charge in [0, 0.05) is 36.7 Å². The Morgan fingerprint density at radius 2 is 2.05 bits per heavy atom. The van der Waals surface area contributed by atoms with Crippen molar-refractivity contribution in [2.45, 2.75) is 25.8 Å². The van der Waals surface area contributed by atoms with E-state index in [1.807, 2.05) is 16.9 Å². The Labute approximate surface area is 123 Å². The normalized spacial score (nSPS) is 16.2. The first-order chi connectivity index (χ1) is 10.1. The van der Waals surface area contributed by atoms with Gasteiger partial charge in [0.15, 0.2) is 5.78 Å². The van der Waals surface area contributed by atoms with Crippen molar-refractivity contribution in [1.82, 2.24) is 9.78 Å². The molecule has 1 aromatic carbocycles. The van der Waals surface area contributed by atoms with Gasteiger partial charge in [0.1, 0.15) is 5.82 Å². The van der Waals surface area contributed by atoms with Crippen molar-refractivity contribution in [3.05, 3.63) is 48.0 Å². The van der Waals surface area contributed by atoms with Gasteiger partial charge in [-0.25, -0.2) is 4.39 Å². The van der Waals surface area contributed by atoms with Gasteiger partial charge in [-0.1, -0.05) is 0 Å². The average Bonchev–Trinajstić information content (AvgIpc) is 3.01. The van der Waals surface area contributed by atoms with Crippen LogP contribution in [0.4, 0.5) is 10.1 Å². The molecule has 110 valence electrons. The maximum Gasteiger partial charge on any atom is 0.159 e. The van der Waals surface area contributed by atoms with Crippen LogP contribution in [0.1, 0.15) is 36.2 Å². The minimum atomic E-state index is -0.355. The van der Waals surface area contributed by atoms with Crippen LogP contribution in [0.2, 0.25) is 0 Å². The molecule has 1 fully saturated rings. The predicted octanol–water partition coefficient (Wildman–Crippen LogP) is 3.07. The van der Waals surface area contributed by atoms with Crippen LogP contribution in [-0.4, -0.2) is 28.7 Å². The monoisotopic (exact) mass is 287 g/mol. The van der Waals surface area contributed by atoms with E-state index >= 15 is 0 Å². The van der Waals surface area contributed by atoms with Crippen molar-refractivity contribution in [3.63, 3.8) is 0 Å². The number of anilines is 1. The van der Waals surface area contributed by atoms with Crippen molar-refractivity contribution in [1.29, 1.82) is 0 Å². The van der Waals surface area contributed by atoms with Gasteiger partial charge in [-0.3, -0.25) is 9.48 Å². The Morgan fingerprint density at radius 3 is 2.67 bits per heavy atom. The third-order valence-corrected chi connectivity index (χ3v) is 4.02. The number of rotatable bonds is 3. The van der Waals surface area contributed by atoms with Gasteiger partial charge in [-0.2, -0.15) is 5.10 Å². The smallest absolute Gasteiger partial charge is 0.159 e. The molecule has 1 aliphatic heterocycles. The molecule has 2 aromatic rings. The number of carbonyl (C=O) groups is 1. The lowest BCUT2D eigenvalue weighted by atomic mass is 10.0. The number of Topliss-reactive ketones (excluding diaryl/α,β-unsaturated/α-hetero) is 1. The number of carbonyl (C=O) groups excluding carboxylic acids is 1. The fraction of sp³-hybridized carbons (Fsp3) is 0.375. The molecule has 21 heavy (non-hydrogen) atoms. The molecule has 0 spiro atoms. The molecule has 0 radical (unpaired) electrons. The Hall–Kier alpha value is -2.17. The van der Waals surface area contributed by atoms with E-state index in [-0.39, 0.29) is 11.6 Å². The number of benzene rings is 1. The Bertz CT molecular complexity index is 631. The molecule has 0 aliphatic carbocycles. The largest absolute Gasteiger partial charge is 0.371 e. The van der Waals surface area contributed by atoms with Gasteiger partial charge >= 0.3 is 0 Å². The molecule has 0 bridgehead atoms. The van der Waals surface area contributed by atoms with Crippen molar-refractivity contribution in [2.75, 3.05) is 18.0 Å². The molecule has 3 rings (SSSR count). The lowest BCUT2D eigenvalue weighted by Crippen LogP contribution is -2.34.